The fourth-order valence-corrected chi connectivity index (χ4v) is 3.71. The van der Waals surface area contributed by atoms with E-state index in [1.165, 1.54) is 17.3 Å². The normalized spacial score (nSPS) is 14.0. The van der Waals surface area contributed by atoms with Crippen LogP contribution in [0.15, 0.2) is 36.8 Å². The Morgan fingerprint density at radius 3 is 2.77 bits per heavy atom. The van der Waals surface area contributed by atoms with Crippen LogP contribution in [0.5, 0.6) is 5.88 Å². The molecule has 0 spiro atoms. The van der Waals surface area contributed by atoms with Crippen LogP contribution in [0.25, 0.3) is 16.6 Å². The summed E-state index contributed by atoms with van der Waals surface area (Å²) in [5.74, 6) is -0.519. The highest BCUT2D eigenvalue weighted by Crippen LogP contribution is 2.37. The number of pyridine rings is 1. The second kappa shape index (κ2) is 6.71. The Hall–Kier alpha value is -3.60. The van der Waals surface area contributed by atoms with Gasteiger partial charge in [0.05, 0.1) is 40.7 Å². The van der Waals surface area contributed by atoms with Crippen molar-refractivity contribution in [2.24, 2.45) is 0 Å². The summed E-state index contributed by atoms with van der Waals surface area (Å²) in [6.45, 7) is 0.107. The maximum Gasteiger partial charge on any atom is 0.433 e. The van der Waals surface area contributed by atoms with E-state index in [0.29, 0.717) is 16.6 Å². The number of aromatic nitrogens is 4. The lowest BCUT2D eigenvalue weighted by Gasteiger charge is -2.29. The third-order valence-corrected chi connectivity index (χ3v) is 5.23. The molecule has 0 radical (unpaired) electrons. The van der Waals surface area contributed by atoms with E-state index in [1.807, 2.05) is 0 Å². The summed E-state index contributed by atoms with van der Waals surface area (Å²) in [4.78, 5) is 26.5. The van der Waals surface area contributed by atoms with Crippen molar-refractivity contribution in [1.29, 1.82) is 0 Å². The maximum atomic E-state index is 13.3. The monoisotopic (exact) mass is 448 g/mol. The highest BCUT2D eigenvalue weighted by Gasteiger charge is 2.35. The maximum absolute atomic E-state index is 13.3. The predicted octanol–water partition coefficient (Wildman–Crippen LogP) is 3.57. The van der Waals surface area contributed by atoms with Gasteiger partial charge in [-0.15, -0.1) is 0 Å². The first kappa shape index (κ1) is 19.4. The van der Waals surface area contributed by atoms with Gasteiger partial charge in [0.25, 0.3) is 5.91 Å². The summed E-state index contributed by atoms with van der Waals surface area (Å²) < 4.78 is 45.9. The number of amides is 1. The molecule has 3 aromatic heterocycles. The Morgan fingerprint density at radius 2 is 2.00 bits per heavy atom. The lowest BCUT2D eigenvalue weighted by atomic mass is 10.1. The average molecular weight is 449 g/mol. The third-order valence-electron chi connectivity index (χ3n) is 4.92. The van der Waals surface area contributed by atoms with Crippen LogP contribution in [0.3, 0.4) is 0 Å². The fraction of sp³-hybridized carbons (Fsp3) is 0.158. The second-order valence-electron chi connectivity index (χ2n) is 6.79. The van der Waals surface area contributed by atoms with Gasteiger partial charge < -0.3 is 15.4 Å². The highest BCUT2D eigenvalue weighted by atomic mass is 35.5. The molecule has 4 heterocycles. The van der Waals surface area contributed by atoms with Crippen molar-refractivity contribution in [3.63, 3.8) is 0 Å². The molecule has 0 saturated carbocycles. The summed E-state index contributed by atoms with van der Waals surface area (Å²) in [5.41, 5.74) is 6.68. The molecule has 0 bridgehead atoms. The van der Waals surface area contributed by atoms with Gasteiger partial charge in [-0.2, -0.15) is 13.2 Å². The summed E-state index contributed by atoms with van der Waals surface area (Å²) in [5, 5.41) is 0.122. The molecule has 158 valence electrons. The van der Waals surface area contributed by atoms with Crippen LogP contribution < -0.4 is 15.4 Å². The van der Waals surface area contributed by atoms with E-state index in [-0.39, 0.29) is 41.1 Å². The number of carbonyl (C=O) groups excluding carboxylic acids is 1. The number of anilines is 2. The van der Waals surface area contributed by atoms with Gasteiger partial charge in [-0.1, -0.05) is 11.6 Å². The van der Waals surface area contributed by atoms with E-state index < -0.39 is 17.8 Å². The van der Waals surface area contributed by atoms with Crippen LogP contribution in [0.4, 0.5) is 24.7 Å². The minimum atomic E-state index is -4.63. The number of rotatable bonds is 1. The van der Waals surface area contributed by atoms with E-state index in [4.69, 9.17) is 22.1 Å². The highest BCUT2D eigenvalue weighted by molar-refractivity contribution is 6.35. The van der Waals surface area contributed by atoms with Crippen LogP contribution in [0.2, 0.25) is 5.02 Å². The smallest absolute Gasteiger partial charge is 0.433 e. The molecule has 1 aliphatic rings. The molecule has 31 heavy (non-hydrogen) atoms. The Kier molecular flexibility index (Phi) is 4.19. The number of ether oxygens (including phenoxy) is 1. The van der Waals surface area contributed by atoms with Gasteiger partial charge in [0.15, 0.2) is 0 Å². The zero-order valence-corrected chi connectivity index (χ0v) is 16.3. The largest absolute Gasteiger partial charge is 0.474 e. The number of hydrogen-bond acceptors (Lipinski definition) is 6. The van der Waals surface area contributed by atoms with E-state index in [2.05, 4.69) is 15.0 Å². The minimum absolute atomic E-state index is 0.0118. The molecule has 0 fully saturated rings. The van der Waals surface area contributed by atoms with Gasteiger partial charge in [0, 0.05) is 0 Å². The number of nitrogens with zero attached hydrogens (tertiary/aromatic N) is 5. The van der Waals surface area contributed by atoms with E-state index in [1.54, 1.807) is 16.7 Å². The van der Waals surface area contributed by atoms with Gasteiger partial charge in [-0.3, -0.25) is 9.20 Å². The number of alkyl halides is 3. The molecule has 0 saturated heterocycles. The molecule has 1 aliphatic heterocycles. The number of imidazole rings is 1. The quantitative estimate of drug-likeness (QED) is 0.478. The zero-order valence-electron chi connectivity index (χ0n) is 15.5. The molecule has 1 amide bonds. The molecule has 4 aromatic rings. The Labute approximate surface area is 177 Å². The van der Waals surface area contributed by atoms with Gasteiger partial charge >= 0.3 is 6.18 Å². The molecular formula is C19H12ClF3N6O2. The first-order chi connectivity index (χ1) is 14.7. The first-order valence-corrected chi connectivity index (χ1v) is 9.35. The lowest BCUT2D eigenvalue weighted by Crippen LogP contribution is -2.38. The van der Waals surface area contributed by atoms with E-state index in [0.717, 1.165) is 12.1 Å². The number of benzene rings is 1. The topological polar surface area (TPSA) is 98.6 Å². The van der Waals surface area contributed by atoms with Crippen molar-refractivity contribution < 1.29 is 22.7 Å². The van der Waals surface area contributed by atoms with Gasteiger partial charge in [0.1, 0.15) is 29.3 Å². The second-order valence-corrected chi connectivity index (χ2v) is 7.20. The minimum Gasteiger partial charge on any atom is -0.474 e. The van der Waals surface area contributed by atoms with Crippen molar-refractivity contribution in [2.75, 3.05) is 23.8 Å². The molecule has 0 aliphatic carbocycles. The average Bonchev–Trinajstić information content (AvgIpc) is 3.22. The van der Waals surface area contributed by atoms with Gasteiger partial charge in [-0.05, 0) is 24.3 Å². The lowest BCUT2D eigenvalue weighted by molar-refractivity contribution is -0.141. The first-order valence-electron chi connectivity index (χ1n) is 8.98. The summed E-state index contributed by atoms with van der Waals surface area (Å²) in [7, 11) is 0. The van der Waals surface area contributed by atoms with Crippen molar-refractivity contribution in [1.82, 2.24) is 19.4 Å². The summed E-state index contributed by atoms with van der Waals surface area (Å²) >= 11 is 6.36. The Bertz CT molecular complexity index is 1370. The fourth-order valence-electron chi connectivity index (χ4n) is 3.47. The SMILES string of the molecule is Nc1nc2cc(Cl)c(C(=O)N3CCOc4nc(C(F)(F)F)ccc43)cc2n2cncc12. The number of halogens is 4. The Morgan fingerprint density at radius 1 is 1.19 bits per heavy atom. The molecule has 2 N–H and O–H groups in total. The van der Waals surface area contributed by atoms with E-state index in [9.17, 15) is 18.0 Å². The predicted molar refractivity (Wildman–Crippen MR) is 106 cm³/mol. The number of fused-ring (bicyclic) bond motifs is 4. The number of nitrogen functional groups attached to an aromatic ring is 1. The molecule has 0 unspecified atom stereocenters. The molecule has 8 nitrogen and oxygen atoms in total. The van der Waals surface area contributed by atoms with Crippen LogP contribution in [0.1, 0.15) is 16.1 Å². The van der Waals surface area contributed by atoms with Crippen molar-refractivity contribution in [3.05, 3.63) is 53.1 Å². The van der Waals surface area contributed by atoms with Crippen LogP contribution >= 0.6 is 11.6 Å². The summed E-state index contributed by atoms with van der Waals surface area (Å²) in [6.07, 6.45) is -1.55. The van der Waals surface area contributed by atoms with Crippen molar-refractivity contribution in [3.8, 4) is 5.88 Å². The zero-order chi connectivity index (χ0) is 21.9. The van der Waals surface area contributed by atoms with Gasteiger partial charge in [-0.25, -0.2) is 15.0 Å². The molecule has 0 atom stereocenters. The number of hydrogen-bond donors (Lipinski definition) is 1. The molecular weight excluding hydrogens is 437 g/mol. The summed E-state index contributed by atoms with van der Waals surface area (Å²) in [6, 6.07) is 5.02. The number of nitrogens with two attached hydrogens (primary N) is 1. The van der Waals surface area contributed by atoms with Crippen LogP contribution in [0, 0.1) is 0 Å². The molecule has 1 aromatic carbocycles. The van der Waals surface area contributed by atoms with Crippen molar-refractivity contribution >= 4 is 45.6 Å². The number of carbonyl (C=O) groups is 1. The van der Waals surface area contributed by atoms with Crippen LogP contribution in [-0.2, 0) is 6.18 Å². The molecule has 12 heteroatoms. The van der Waals surface area contributed by atoms with Gasteiger partial charge in [0.2, 0.25) is 5.88 Å². The van der Waals surface area contributed by atoms with Crippen LogP contribution in [-0.4, -0.2) is 38.4 Å². The van der Waals surface area contributed by atoms with Crippen molar-refractivity contribution in [2.45, 2.75) is 6.18 Å². The standard InChI is InChI=1S/C19H12ClF3N6O2/c20-10-6-11-13(29-8-25-7-14(29)16(24)26-11)5-9(10)18(30)28-3-4-31-17-12(28)1-2-15(27-17)19(21,22)23/h1-2,5-8H,3-4H2,(H2,24,26). The third kappa shape index (κ3) is 3.08. The molecule has 5 rings (SSSR count). The van der Waals surface area contributed by atoms with E-state index >= 15 is 0 Å². The Balaban J connectivity index is 1.61.